The van der Waals surface area contributed by atoms with Crippen molar-refractivity contribution in [1.29, 1.82) is 0 Å². The summed E-state index contributed by atoms with van der Waals surface area (Å²) < 4.78 is 5.78. The molecule has 0 atom stereocenters. The summed E-state index contributed by atoms with van der Waals surface area (Å²) in [6, 6.07) is 13.6. The number of nitrogens with two attached hydrogens (primary N) is 1. The number of primary amides is 1. The van der Waals surface area contributed by atoms with Crippen LogP contribution >= 0.6 is 0 Å². The summed E-state index contributed by atoms with van der Waals surface area (Å²) in [7, 11) is 0. The topological polar surface area (TPSA) is 92.9 Å². The largest absolute Gasteiger partial charge is 0.457 e. The van der Waals surface area contributed by atoms with E-state index < -0.39 is 5.91 Å². The van der Waals surface area contributed by atoms with Crippen molar-refractivity contribution in [2.24, 2.45) is 17.6 Å². The van der Waals surface area contributed by atoms with E-state index in [0.29, 0.717) is 41.6 Å². The Kier molecular flexibility index (Phi) is 6.96. The van der Waals surface area contributed by atoms with Gasteiger partial charge in [-0.05, 0) is 80.1 Å². The number of rotatable bonds is 5. The van der Waals surface area contributed by atoms with Crippen LogP contribution in [0.1, 0.15) is 53.3 Å². The second-order valence-corrected chi connectivity index (χ2v) is 9.09. The molecule has 3 amide bonds. The lowest BCUT2D eigenvalue weighted by Crippen LogP contribution is -2.46. The number of nitrogens with zero attached hydrogens (tertiary/aromatic N) is 2. The molecule has 0 aromatic heterocycles. The van der Waals surface area contributed by atoms with Gasteiger partial charge in [0.1, 0.15) is 11.5 Å². The van der Waals surface area contributed by atoms with Crippen LogP contribution in [0.4, 0.5) is 0 Å². The van der Waals surface area contributed by atoms with Crippen molar-refractivity contribution in [3.63, 3.8) is 0 Å². The third-order valence-electron chi connectivity index (χ3n) is 6.70. The molecule has 0 radical (unpaired) electrons. The molecule has 0 spiro atoms. The van der Waals surface area contributed by atoms with Crippen LogP contribution in [0.15, 0.2) is 48.5 Å². The van der Waals surface area contributed by atoms with E-state index in [1.54, 1.807) is 48.5 Å². The smallest absolute Gasteiger partial charge is 0.253 e. The Labute approximate surface area is 194 Å². The number of ether oxygens (including phenoxy) is 1. The molecule has 2 aromatic carbocycles. The van der Waals surface area contributed by atoms with Crippen molar-refractivity contribution < 1.29 is 19.1 Å². The van der Waals surface area contributed by atoms with E-state index in [1.807, 2.05) is 9.80 Å². The van der Waals surface area contributed by atoms with Gasteiger partial charge in [0.25, 0.3) is 5.91 Å². The van der Waals surface area contributed by atoms with E-state index in [4.69, 9.17) is 10.5 Å². The lowest BCUT2D eigenvalue weighted by molar-refractivity contribution is -0.138. The Morgan fingerprint density at radius 2 is 1.24 bits per heavy atom. The Morgan fingerprint density at radius 1 is 0.758 bits per heavy atom. The Bertz CT molecular complexity index is 987. The second kappa shape index (κ2) is 10.1. The zero-order valence-corrected chi connectivity index (χ0v) is 19.0. The fraction of sp³-hybridized carbons (Fsp3) is 0.423. The minimum Gasteiger partial charge on any atom is -0.457 e. The normalized spacial score (nSPS) is 17.6. The number of hydrogen-bond donors (Lipinski definition) is 1. The third kappa shape index (κ3) is 5.53. The zero-order chi connectivity index (χ0) is 23.4. The SMILES string of the molecule is CC1CCN(C(=O)C2CCN(C(=O)c3ccc(Oc4ccc(C(N)=O)cc4)cc3)CC2)CC1. The molecule has 7 nitrogen and oxygen atoms in total. The molecule has 0 saturated carbocycles. The Balaban J connectivity index is 1.29. The van der Waals surface area contributed by atoms with Gasteiger partial charge in [0, 0.05) is 43.2 Å². The van der Waals surface area contributed by atoms with Crippen LogP contribution < -0.4 is 10.5 Å². The maximum Gasteiger partial charge on any atom is 0.253 e. The molecule has 33 heavy (non-hydrogen) atoms. The fourth-order valence-corrected chi connectivity index (χ4v) is 4.49. The van der Waals surface area contributed by atoms with Gasteiger partial charge in [0.15, 0.2) is 0 Å². The molecular weight excluding hydrogens is 418 g/mol. The standard InChI is InChI=1S/C26H31N3O4/c1-18-10-14-28(15-11-18)26(32)21-12-16-29(17-13-21)25(31)20-4-8-23(9-5-20)33-22-6-2-19(3-7-22)24(27)30/h2-9,18,21H,10-17H2,1H3,(H2,27,30). The van der Waals surface area contributed by atoms with Gasteiger partial charge in [-0.25, -0.2) is 0 Å². The summed E-state index contributed by atoms with van der Waals surface area (Å²) in [4.78, 5) is 40.8. The van der Waals surface area contributed by atoms with Crippen LogP contribution in [-0.4, -0.2) is 53.7 Å². The molecule has 0 unspecified atom stereocenters. The van der Waals surface area contributed by atoms with Gasteiger partial charge in [-0.2, -0.15) is 0 Å². The molecular formula is C26H31N3O4. The van der Waals surface area contributed by atoms with Crippen LogP contribution in [-0.2, 0) is 4.79 Å². The first-order valence-corrected chi connectivity index (χ1v) is 11.7. The molecule has 4 rings (SSSR count). The first-order chi connectivity index (χ1) is 15.9. The van der Waals surface area contributed by atoms with Crippen LogP contribution in [0.25, 0.3) is 0 Å². The predicted molar refractivity (Wildman–Crippen MR) is 125 cm³/mol. The molecule has 2 aliphatic rings. The van der Waals surface area contributed by atoms with E-state index in [9.17, 15) is 14.4 Å². The third-order valence-corrected chi connectivity index (χ3v) is 6.70. The quantitative estimate of drug-likeness (QED) is 0.753. The Morgan fingerprint density at radius 3 is 1.76 bits per heavy atom. The first kappa shape index (κ1) is 22.8. The number of likely N-dealkylation sites (tertiary alicyclic amines) is 2. The first-order valence-electron chi connectivity index (χ1n) is 11.7. The van der Waals surface area contributed by atoms with E-state index in [1.165, 1.54) is 0 Å². The van der Waals surface area contributed by atoms with E-state index in [-0.39, 0.29) is 17.7 Å². The van der Waals surface area contributed by atoms with Gasteiger partial charge < -0.3 is 20.3 Å². The number of hydrogen-bond acceptors (Lipinski definition) is 4. The fourth-order valence-electron chi connectivity index (χ4n) is 4.49. The van der Waals surface area contributed by atoms with Crippen molar-refractivity contribution >= 4 is 17.7 Å². The van der Waals surface area contributed by atoms with E-state index in [2.05, 4.69) is 6.92 Å². The molecule has 2 aliphatic heterocycles. The monoisotopic (exact) mass is 449 g/mol. The van der Waals surface area contributed by atoms with E-state index >= 15 is 0 Å². The minimum atomic E-state index is -0.487. The average Bonchev–Trinajstić information content (AvgIpc) is 2.84. The average molecular weight is 450 g/mol. The summed E-state index contributed by atoms with van der Waals surface area (Å²) in [6.45, 7) is 5.17. The summed E-state index contributed by atoms with van der Waals surface area (Å²) in [6.07, 6.45) is 3.61. The predicted octanol–water partition coefficient (Wildman–Crippen LogP) is 3.69. The Hall–Kier alpha value is -3.35. The maximum absolute atomic E-state index is 12.9. The molecule has 2 fully saturated rings. The molecule has 0 bridgehead atoms. The van der Waals surface area contributed by atoms with Gasteiger partial charge >= 0.3 is 0 Å². The van der Waals surface area contributed by atoms with Gasteiger partial charge in [0.05, 0.1) is 0 Å². The highest BCUT2D eigenvalue weighted by atomic mass is 16.5. The highest BCUT2D eigenvalue weighted by Gasteiger charge is 2.31. The zero-order valence-electron chi connectivity index (χ0n) is 19.0. The van der Waals surface area contributed by atoms with Gasteiger partial charge in [0.2, 0.25) is 11.8 Å². The maximum atomic E-state index is 12.9. The summed E-state index contributed by atoms with van der Waals surface area (Å²) in [5.74, 6) is 1.66. The molecule has 2 heterocycles. The summed E-state index contributed by atoms with van der Waals surface area (Å²) in [5, 5.41) is 0. The van der Waals surface area contributed by atoms with Crippen molar-refractivity contribution in [3.8, 4) is 11.5 Å². The van der Waals surface area contributed by atoms with Crippen LogP contribution in [0.5, 0.6) is 11.5 Å². The number of carbonyl (C=O) groups is 3. The molecule has 2 saturated heterocycles. The van der Waals surface area contributed by atoms with Crippen LogP contribution in [0.2, 0.25) is 0 Å². The van der Waals surface area contributed by atoms with Crippen molar-refractivity contribution in [2.75, 3.05) is 26.2 Å². The molecule has 0 aliphatic carbocycles. The van der Waals surface area contributed by atoms with Crippen molar-refractivity contribution in [1.82, 2.24) is 9.80 Å². The molecule has 2 aromatic rings. The lowest BCUT2D eigenvalue weighted by Gasteiger charge is -2.36. The highest BCUT2D eigenvalue weighted by molar-refractivity contribution is 5.94. The summed E-state index contributed by atoms with van der Waals surface area (Å²) in [5.41, 5.74) is 6.26. The highest BCUT2D eigenvalue weighted by Crippen LogP contribution is 2.26. The van der Waals surface area contributed by atoms with Gasteiger partial charge in [-0.3, -0.25) is 14.4 Å². The van der Waals surface area contributed by atoms with Crippen LogP contribution in [0, 0.1) is 11.8 Å². The lowest BCUT2D eigenvalue weighted by atomic mass is 9.92. The van der Waals surface area contributed by atoms with Crippen molar-refractivity contribution in [3.05, 3.63) is 59.7 Å². The summed E-state index contributed by atoms with van der Waals surface area (Å²) >= 11 is 0. The van der Waals surface area contributed by atoms with Crippen LogP contribution in [0.3, 0.4) is 0 Å². The minimum absolute atomic E-state index is 0.0231. The van der Waals surface area contributed by atoms with Crippen molar-refractivity contribution in [2.45, 2.75) is 32.6 Å². The van der Waals surface area contributed by atoms with E-state index in [0.717, 1.165) is 38.8 Å². The molecule has 174 valence electrons. The number of benzene rings is 2. The van der Waals surface area contributed by atoms with Gasteiger partial charge in [-0.15, -0.1) is 0 Å². The molecule has 7 heteroatoms. The number of piperidine rings is 2. The van der Waals surface area contributed by atoms with Gasteiger partial charge in [-0.1, -0.05) is 6.92 Å². The molecule has 2 N–H and O–H groups in total. The number of carbonyl (C=O) groups excluding carboxylic acids is 3. The second-order valence-electron chi connectivity index (χ2n) is 9.09. The number of amides is 3.